The summed E-state index contributed by atoms with van der Waals surface area (Å²) in [5.74, 6) is -0.454. The Morgan fingerprint density at radius 2 is 1.95 bits per heavy atom. The van der Waals surface area contributed by atoms with Crippen LogP contribution in [0.25, 0.3) is 20.8 Å². The lowest BCUT2D eigenvalue weighted by Gasteiger charge is -2.28. The summed E-state index contributed by atoms with van der Waals surface area (Å²) in [6.07, 6.45) is 0.220. The largest absolute Gasteiger partial charge is 0.450 e. The van der Waals surface area contributed by atoms with Crippen molar-refractivity contribution in [2.75, 3.05) is 49.7 Å². The molecule has 0 spiro atoms. The number of aromatic nitrogens is 1. The number of hydrogen-bond donors (Lipinski definition) is 1. The first-order chi connectivity index (χ1) is 19.9. The van der Waals surface area contributed by atoms with Crippen molar-refractivity contribution in [3.8, 4) is 10.6 Å². The molecule has 0 atom stereocenters. The van der Waals surface area contributed by atoms with Gasteiger partial charge in [0.05, 0.1) is 41.5 Å². The molecule has 2 aliphatic heterocycles. The van der Waals surface area contributed by atoms with Crippen LogP contribution in [0.2, 0.25) is 0 Å². The molecule has 4 aromatic rings. The third-order valence-electron chi connectivity index (χ3n) is 7.10. The number of rotatable bonds is 6. The number of hydrogen-bond acceptors (Lipinski definition) is 10. The Balaban J connectivity index is 1.35. The number of fused-ring (bicyclic) bond motifs is 2. The predicted molar refractivity (Wildman–Crippen MR) is 158 cm³/mol. The maximum atomic E-state index is 13.5. The van der Waals surface area contributed by atoms with E-state index < -0.39 is 10.8 Å². The zero-order valence-corrected chi connectivity index (χ0v) is 23.9. The lowest BCUT2D eigenvalue weighted by atomic mass is 10.0. The second-order valence-electron chi connectivity index (χ2n) is 9.58. The van der Waals surface area contributed by atoms with Gasteiger partial charge in [-0.2, -0.15) is 0 Å². The predicted octanol–water partition coefficient (Wildman–Crippen LogP) is 5.54. The first-order valence-electron chi connectivity index (χ1n) is 13.3. The van der Waals surface area contributed by atoms with Crippen molar-refractivity contribution in [1.29, 1.82) is 0 Å². The number of benzene rings is 2. The Kier molecular flexibility index (Phi) is 7.56. The molecule has 0 saturated carbocycles. The first kappa shape index (κ1) is 27.1. The molecule has 41 heavy (non-hydrogen) atoms. The molecule has 4 heterocycles. The molecule has 2 aliphatic rings. The van der Waals surface area contributed by atoms with Gasteiger partial charge in [0.25, 0.3) is 11.6 Å². The van der Waals surface area contributed by atoms with Crippen LogP contribution >= 0.6 is 22.7 Å². The van der Waals surface area contributed by atoms with Crippen molar-refractivity contribution in [2.24, 2.45) is 0 Å². The quantitative estimate of drug-likeness (QED) is 0.228. The lowest BCUT2D eigenvalue weighted by Crippen LogP contribution is -2.36. The summed E-state index contributed by atoms with van der Waals surface area (Å²) in [6, 6.07) is 12.4. The molecule has 6 rings (SSSR count). The maximum absolute atomic E-state index is 13.5. The maximum Gasteiger partial charge on any atom is 0.410 e. The van der Waals surface area contributed by atoms with Crippen molar-refractivity contribution in [1.82, 2.24) is 9.88 Å². The number of thiophene rings is 1. The summed E-state index contributed by atoms with van der Waals surface area (Å²) in [5.41, 5.74) is 3.27. The smallest absolute Gasteiger partial charge is 0.410 e. The standard InChI is InChI=1S/C28H27N5O6S2/c1-2-39-28(35)32-10-9-18-23(16-32)41-27(24(18)26-29-19-5-3-4-6-22(19)40-26)30-25(34)17-7-8-20(21(15-17)33(36)37)31-11-13-38-14-12-31/h3-8,15H,2,9-14,16H2,1H3,(H,30,34). The fraction of sp³-hybridized carbons (Fsp3) is 0.321. The minimum Gasteiger partial charge on any atom is -0.450 e. The van der Waals surface area contributed by atoms with Gasteiger partial charge in [0.1, 0.15) is 15.7 Å². The van der Waals surface area contributed by atoms with Gasteiger partial charge in [-0.1, -0.05) is 12.1 Å². The van der Waals surface area contributed by atoms with E-state index in [2.05, 4.69) is 5.32 Å². The number of amides is 2. The van der Waals surface area contributed by atoms with Crippen molar-refractivity contribution in [2.45, 2.75) is 19.9 Å². The number of morpholine rings is 1. The van der Waals surface area contributed by atoms with Crippen LogP contribution in [0.4, 0.5) is 21.2 Å². The van der Waals surface area contributed by atoms with E-state index >= 15 is 0 Å². The van der Waals surface area contributed by atoms with E-state index in [-0.39, 0.29) is 17.3 Å². The number of nitro benzene ring substituents is 1. The topological polar surface area (TPSA) is 127 Å². The third-order valence-corrected chi connectivity index (χ3v) is 9.29. The molecule has 13 heteroatoms. The Morgan fingerprint density at radius 1 is 1.15 bits per heavy atom. The number of thiazole rings is 1. The molecule has 1 fully saturated rings. The number of para-hydroxylation sites is 1. The minimum atomic E-state index is -0.456. The van der Waals surface area contributed by atoms with Crippen LogP contribution in [0.3, 0.4) is 0 Å². The van der Waals surface area contributed by atoms with Crippen LogP contribution in [-0.4, -0.2) is 66.3 Å². The highest BCUT2D eigenvalue weighted by molar-refractivity contribution is 7.23. The van der Waals surface area contributed by atoms with E-state index in [1.54, 1.807) is 24.0 Å². The monoisotopic (exact) mass is 593 g/mol. The van der Waals surface area contributed by atoms with Crippen LogP contribution in [0.15, 0.2) is 42.5 Å². The molecule has 0 radical (unpaired) electrons. The van der Waals surface area contributed by atoms with Crippen LogP contribution in [0.1, 0.15) is 27.7 Å². The Labute approximate surface area is 243 Å². The van der Waals surface area contributed by atoms with Crippen molar-refractivity contribution >= 4 is 61.3 Å². The van der Waals surface area contributed by atoms with Gasteiger partial charge < -0.3 is 24.6 Å². The van der Waals surface area contributed by atoms with Crippen molar-refractivity contribution in [3.63, 3.8) is 0 Å². The molecule has 0 aliphatic carbocycles. The molecule has 0 bridgehead atoms. The first-order valence-corrected chi connectivity index (χ1v) is 14.9. The molecule has 1 N–H and O–H groups in total. The summed E-state index contributed by atoms with van der Waals surface area (Å²) < 4.78 is 11.6. The van der Waals surface area contributed by atoms with E-state index in [0.717, 1.165) is 31.2 Å². The highest BCUT2D eigenvalue weighted by Gasteiger charge is 2.31. The van der Waals surface area contributed by atoms with Crippen molar-refractivity contribution < 1.29 is 24.0 Å². The highest BCUT2D eigenvalue weighted by atomic mass is 32.1. The summed E-state index contributed by atoms with van der Waals surface area (Å²) in [5, 5.41) is 16.3. The fourth-order valence-corrected chi connectivity index (χ4v) is 7.49. The zero-order chi connectivity index (χ0) is 28.5. The number of nitrogens with one attached hydrogen (secondary N) is 1. The number of nitro groups is 1. The van der Waals surface area contributed by atoms with E-state index in [1.165, 1.54) is 28.7 Å². The van der Waals surface area contributed by atoms with Crippen molar-refractivity contribution in [3.05, 3.63) is 68.6 Å². The molecule has 2 amide bonds. The number of carbonyl (C=O) groups is 2. The number of ether oxygens (including phenoxy) is 2. The van der Waals surface area contributed by atoms with Gasteiger partial charge in [0, 0.05) is 41.7 Å². The molecular weight excluding hydrogens is 566 g/mol. The average Bonchev–Trinajstić information content (AvgIpc) is 3.57. The third kappa shape index (κ3) is 5.35. The summed E-state index contributed by atoms with van der Waals surface area (Å²) in [7, 11) is 0. The van der Waals surface area contributed by atoms with E-state index in [1.807, 2.05) is 29.2 Å². The minimum absolute atomic E-state index is 0.124. The van der Waals surface area contributed by atoms with Crippen LogP contribution < -0.4 is 10.2 Å². The van der Waals surface area contributed by atoms with Gasteiger partial charge in [-0.25, -0.2) is 9.78 Å². The van der Waals surface area contributed by atoms with Gasteiger partial charge in [-0.05, 0) is 43.2 Å². The van der Waals surface area contributed by atoms with E-state index in [0.29, 0.717) is 63.1 Å². The zero-order valence-electron chi connectivity index (χ0n) is 22.3. The molecule has 212 valence electrons. The number of carbonyl (C=O) groups excluding carboxylic acids is 2. The Bertz CT molecular complexity index is 1610. The summed E-state index contributed by atoms with van der Waals surface area (Å²) in [4.78, 5) is 46.8. The highest BCUT2D eigenvalue weighted by Crippen LogP contribution is 2.46. The summed E-state index contributed by atoms with van der Waals surface area (Å²) >= 11 is 2.93. The second-order valence-corrected chi connectivity index (χ2v) is 11.7. The molecule has 0 unspecified atom stereocenters. The fourth-order valence-electron chi connectivity index (χ4n) is 5.13. The SMILES string of the molecule is CCOC(=O)N1CCc2c(sc(NC(=O)c3ccc(N4CCOCC4)c([N+](=O)[O-])c3)c2-c2nc3ccccc3s2)C1. The Morgan fingerprint density at radius 3 is 2.71 bits per heavy atom. The molecule has 2 aromatic heterocycles. The van der Waals surface area contributed by atoms with Gasteiger partial charge in [0.2, 0.25) is 0 Å². The van der Waals surface area contributed by atoms with Crippen LogP contribution in [-0.2, 0) is 22.4 Å². The molecule has 1 saturated heterocycles. The van der Waals surface area contributed by atoms with Gasteiger partial charge in [0.15, 0.2) is 0 Å². The number of nitrogens with zero attached hydrogens (tertiary/aromatic N) is 4. The molecule has 2 aromatic carbocycles. The molecule has 11 nitrogen and oxygen atoms in total. The van der Waals surface area contributed by atoms with Crippen LogP contribution in [0.5, 0.6) is 0 Å². The Hall–Kier alpha value is -4.07. The molecular formula is C28H27N5O6S2. The van der Waals surface area contributed by atoms with E-state index in [9.17, 15) is 19.7 Å². The normalized spacial score (nSPS) is 15.0. The van der Waals surface area contributed by atoms with Crippen LogP contribution in [0, 0.1) is 10.1 Å². The number of anilines is 2. The van der Waals surface area contributed by atoms with Gasteiger partial charge in [-0.15, -0.1) is 22.7 Å². The summed E-state index contributed by atoms with van der Waals surface area (Å²) in [6.45, 7) is 4.99. The average molecular weight is 594 g/mol. The van der Waals surface area contributed by atoms with Gasteiger partial charge in [-0.3, -0.25) is 14.9 Å². The van der Waals surface area contributed by atoms with E-state index in [4.69, 9.17) is 14.5 Å². The van der Waals surface area contributed by atoms with Gasteiger partial charge >= 0.3 is 6.09 Å². The lowest BCUT2D eigenvalue weighted by molar-refractivity contribution is -0.384. The second kappa shape index (κ2) is 11.4.